The number of benzene rings is 2. The second-order valence-electron chi connectivity index (χ2n) is 8.25. The van der Waals surface area contributed by atoms with Crippen molar-refractivity contribution in [3.05, 3.63) is 85.1 Å². The van der Waals surface area contributed by atoms with E-state index in [9.17, 15) is 9.18 Å². The topological polar surface area (TPSA) is 139 Å². The van der Waals surface area contributed by atoms with Crippen LogP contribution in [0.5, 0.6) is 0 Å². The number of nitrogens with zero attached hydrogens (tertiary/aromatic N) is 5. The van der Waals surface area contributed by atoms with Crippen molar-refractivity contribution >= 4 is 34.3 Å². The smallest absolute Gasteiger partial charge is 0.254 e. The Balaban J connectivity index is 1.59. The fourth-order valence-electron chi connectivity index (χ4n) is 4.03. The number of anilines is 1. The van der Waals surface area contributed by atoms with E-state index in [2.05, 4.69) is 25.3 Å². The van der Waals surface area contributed by atoms with E-state index < -0.39 is 23.6 Å². The first kappa shape index (κ1) is 25.7. The third-order valence-corrected chi connectivity index (χ3v) is 6.49. The van der Waals surface area contributed by atoms with Crippen molar-refractivity contribution in [2.75, 3.05) is 25.5 Å². The van der Waals surface area contributed by atoms with Gasteiger partial charge in [0.05, 0.1) is 30.0 Å². The zero-order chi connectivity index (χ0) is 25.7. The molecule has 0 aliphatic carbocycles. The summed E-state index contributed by atoms with van der Waals surface area (Å²) in [5.74, 6) is -1.71. The molecule has 9 nitrogen and oxygen atoms in total. The summed E-state index contributed by atoms with van der Waals surface area (Å²) in [7, 11) is 0. The molecule has 1 atom stereocenters. The maximum Gasteiger partial charge on any atom is 0.254 e. The third kappa shape index (κ3) is 6.07. The number of rotatable bonds is 7. The lowest BCUT2D eigenvalue weighted by Gasteiger charge is -2.22. The number of nitrogen functional groups attached to an aromatic ring is 1. The molecule has 3 N–H and O–H groups in total. The van der Waals surface area contributed by atoms with Gasteiger partial charge in [0.15, 0.2) is 0 Å². The Kier molecular flexibility index (Phi) is 8.28. The van der Waals surface area contributed by atoms with E-state index in [4.69, 9.17) is 16.0 Å². The number of hydrogen-bond donors (Lipinski definition) is 2. The van der Waals surface area contributed by atoms with Crippen LogP contribution in [0.4, 0.5) is 14.6 Å². The maximum atomic E-state index is 15.1. The number of nitrogens with one attached hydrogen (secondary N) is 1. The predicted molar refractivity (Wildman–Crippen MR) is 138 cm³/mol. The molecule has 0 bridgehead atoms. The Labute approximate surface area is 219 Å². The van der Waals surface area contributed by atoms with E-state index >= 15 is 4.39 Å². The SMILES string of the molecule is [N-]=[N+]=NC[C@@H](NC(=O)c1ccc(-c2nc(C3CCOCC3)cnc2N)cc1F)c1cc(F)cc(I)c1. The molecule has 1 aromatic heterocycles. The van der Waals surface area contributed by atoms with Gasteiger partial charge in [-0.05, 0) is 76.9 Å². The first-order chi connectivity index (χ1) is 17.4. The van der Waals surface area contributed by atoms with E-state index in [1.165, 1.54) is 24.3 Å². The zero-order valence-corrected chi connectivity index (χ0v) is 21.2. The zero-order valence-electron chi connectivity index (χ0n) is 19.0. The van der Waals surface area contributed by atoms with Gasteiger partial charge in [-0.2, -0.15) is 0 Å². The lowest BCUT2D eigenvalue weighted by molar-refractivity contribution is 0.0844. The minimum atomic E-state index is -0.852. The van der Waals surface area contributed by atoms with Crippen LogP contribution >= 0.6 is 22.6 Å². The summed E-state index contributed by atoms with van der Waals surface area (Å²) in [6.45, 7) is 1.10. The number of amides is 1. The van der Waals surface area contributed by atoms with E-state index in [0.29, 0.717) is 33.6 Å². The van der Waals surface area contributed by atoms with Gasteiger partial charge in [-0.3, -0.25) is 4.79 Å². The van der Waals surface area contributed by atoms with Crippen LogP contribution in [0.25, 0.3) is 21.7 Å². The molecule has 12 heteroatoms. The highest BCUT2D eigenvalue weighted by Gasteiger charge is 2.22. The average Bonchev–Trinajstić information content (AvgIpc) is 2.86. The molecule has 0 saturated carbocycles. The Morgan fingerprint density at radius 3 is 2.75 bits per heavy atom. The highest BCUT2D eigenvalue weighted by atomic mass is 127. The number of halogens is 3. The highest BCUT2D eigenvalue weighted by molar-refractivity contribution is 14.1. The quantitative estimate of drug-likeness (QED) is 0.163. The van der Waals surface area contributed by atoms with Crippen molar-refractivity contribution in [1.29, 1.82) is 0 Å². The molecule has 0 radical (unpaired) electrons. The fraction of sp³-hybridized carbons (Fsp3) is 0.292. The van der Waals surface area contributed by atoms with Crippen LogP contribution in [0.1, 0.15) is 46.4 Å². The second-order valence-corrected chi connectivity index (χ2v) is 9.50. The van der Waals surface area contributed by atoms with Crippen molar-refractivity contribution in [1.82, 2.24) is 15.3 Å². The number of carbonyl (C=O) groups excluding carboxylic acids is 1. The van der Waals surface area contributed by atoms with Gasteiger partial charge in [0.2, 0.25) is 0 Å². The van der Waals surface area contributed by atoms with Crippen LogP contribution in [0.2, 0.25) is 0 Å². The molecule has 3 aromatic rings. The lowest BCUT2D eigenvalue weighted by Crippen LogP contribution is -2.31. The number of nitrogens with two attached hydrogens (primary N) is 1. The summed E-state index contributed by atoms with van der Waals surface area (Å²) < 4.78 is 35.0. The molecule has 1 saturated heterocycles. The maximum absolute atomic E-state index is 15.1. The van der Waals surface area contributed by atoms with Crippen molar-refractivity contribution in [2.45, 2.75) is 24.8 Å². The summed E-state index contributed by atoms with van der Waals surface area (Å²) in [6, 6.07) is 7.38. The van der Waals surface area contributed by atoms with Gasteiger partial charge in [0.25, 0.3) is 5.91 Å². The number of ether oxygens (including phenoxy) is 1. The monoisotopic (exact) mass is 605 g/mol. The van der Waals surface area contributed by atoms with Gasteiger partial charge in [-0.1, -0.05) is 11.2 Å². The van der Waals surface area contributed by atoms with Gasteiger partial charge < -0.3 is 15.8 Å². The van der Waals surface area contributed by atoms with Crippen LogP contribution in [-0.4, -0.2) is 35.6 Å². The van der Waals surface area contributed by atoms with Crippen LogP contribution in [0.15, 0.2) is 47.7 Å². The molecule has 36 heavy (non-hydrogen) atoms. The van der Waals surface area contributed by atoms with Crippen molar-refractivity contribution in [3.8, 4) is 11.3 Å². The third-order valence-electron chi connectivity index (χ3n) is 5.87. The van der Waals surface area contributed by atoms with Gasteiger partial charge in [-0.15, -0.1) is 0 Å². The molecule has 1 amide bonds. The predicted octanol–water partition coefficient (Wildman–Crippen LogP) is 5.28. The summed E-state index contributed by atoms with van der Waals surface area (Å²) >= 11 is 1.94. The summed E-state index contributed by atoms with van der Waals surface area (Å²) in [4.78, 5) is 24.5. The minimum absolute atomic E-state index is 0.151. The molecule has 4 rings (SSSR count). The molecule has 0 unspecified atom stereocenters. The highest BCUT2D eigenvalue weighted by Crippen LogP contribution is 2.30. The Morgan fingerprint density at radius 1 is 1.28 bits per heavy atom. The normalized spacial score (nSPS) is 14.6. The van der Waals surface area contributed by atoms with Crippen LogP contribution in [0, 0.1) is 15.2 Å². The second kappa shape index (κ2) is 11.6. The van der Waals surface area contributed by atoms with Gasteiger partial charge in [0.1, 0.15) is 23.1 Å². The molecule has 1 aliphatic heterocycles. The largest absolute Gasteiger partial charge is 0.382 e. The molecule has 2 aromatic carbocycles. The van der Waals surface area contributed by atoms with Crippen LogP contribution in [-0.2, 0) is 4.74 Å². The first-order valence-electron chi connectivity index (χ1n) is 11.1. The number of carbonyl (C=O) groups is 1. The molecule has 1 fully saturated rings. The van der Waals surface area contributed by atoms with E-state index in [0.717, 1.165) is 18.5 Å². The summed E-state index contributed by atoms with van der Waals surface area (Å²) in [5, 5.41) is 6.12. The Bertz CT molecular complexity index is 1310. The molecular formula is C24H22F2IN7O2. The van der Waals surface area contributed by atoms with E-state index in [1.807, 2.05) is 22.6 Å². The number of aromatic nitrogens is 2. The van der Waals surface area contributed by atoms with E-state index in [1.54, 1.807) is 18.3 Å². The van der Waals surface area contributed by atoms with E-state index in [-0.39, 0.29) is 23.8 Å². The number of hydrogen-bond acceptors (Lipinski definition) is 6. The van der Waals surface area contributed by atoms with Crippen LogP contribution < -0.4 is 11.1 Å². The molecular weight excluding hydrogens is 583 g/mol. The van der Waals surface area contributed by atoms with Crippen molar-refractivity contribution < 1.29 is 18.3 Å². The van der Waals surface area contributed by atoms with Gasteiger partial charge in [-0.25, -0.2) is 18.7 Å². The lowest BCUT2D eigenvalue weighted by atomic mass is 9.96. The molecule has 2 heterocycles. The standard InChI is InChI=1S/C24H22F2IN7O2/c25-16-7-15(8-17(27)10-16)21(12-31-34-29)33-24(35)18-2-1-14(9-19(18)26)22-23(28)30-11-20(32-22)13-3-5-36-6-4-13/h1-2,7-11,13,21H,3-6,12H2,(H2,28,30)(H,33,35)/t21-/m1/s1. The first-order valence-corrected chi connectivity index (χ1v) is 12.2. The van der Waals surface area contributed by atoms with Gasteiger partial charge >= 0.3 is 0 Å². The van der Waals surface area contributed by atoms with Crippen molar-refractivity contribution in [3.63, 3.8) is 0 Å². The van der Waals surface area contributed by atoms with Gasteiger partial charge in [0, 0.05) is 33.2 Å². The Morgan fingerprint density at radius 2 is 2.06 bits per heavy atom. The molecule has 0 spiro atoms. The van der Waals surface area contributed by atoms with Crippen LogP contribution in [0.3, 0.4) is 0 Å². The minimum Gasteiger partial charge on any atom is -0.382 e. The summed E-state index contributed by atoms with van der Waals surface area (Å²) in [6.07, 6.45) is 3.25. The average molecular weight is 605 g/mol. The van der Waals surface area contributed by atoms with Crippen molar-refractivity contribution in [2.24, 2.45) is 5.11 Å². The Hall–Kier alpha value is -3.35. The fourth-order valence-corrected chi connectivity index (χ4v) is 4.68. The molecule has 186 valence electrons. The molecule has 1 aliphatic rings. The number of azide groups is 1. The summed E-state index contributed by atoms with van der Waals surface area (Å²) in [5.41, 5.74) is 16.4.